The minimum Gasteiger partial charge on any atom is -0.489 e. The number of ether oxygens (including phenoxy) is 1. The van der Waals surface area contributed by atoms with Crippen molar-refractivity contribution in [2.45, 2.75) is 31.6 Å². The van der Waals surface area contributed by atoms with E-state index in [2.05, 4.69) is 5.32 Å². The molecule has 3 nitrogen and oxygen atoms in total. The summed E-state index contributed by atoms with van der Waals surface area (Å²) in [6, 6.07) is 18.0. The number of aliphatic hydroxyl groups excluding tert-OH is 1. The van der Waals surface area contributed by atoms with Crippen LogP contribution in [-0.2, 0) is 6.61 Å². The van der Waals surface area contributed by atoms with Gasteiger partial charge in [0.1, 0.15) is 12.4 Å². The molecule has 0 saturated carbocycles. The molecule has 0 amide bonds. The van der Waals surface area contributed by atoms with E-state index in [9.17, 15) is 5.11 Å². The molecule has 2 unspecified atom stereocenters. The van der Waals surface area contributed by atoms with Crippen molar-refractivity contribution in [3.63, 3.8) is 0 Å². The fourth-order valence-electron chi connectivity index (χ4n) is 2.74. The Labute approximate surface area is 125 Å². The maximum atomic E-state index is 10.4. The van der Waals surface area contributed by atoms with Crippen molar-refractivity contribution < 1.29 is 9.84 Å². The van der Waals surface area contributed by atoms with Crippen molar-refractivity contribution in [2.75, 3.05) is 6.54 Å². The van der Waals surface area contributed by atoms with E-state index in [4.69, 9.17) is 4.74 Å². The largest absolute Gasteiger partial charge is 0.489 e. The molecule has 2 aromatic rings. The Morgan fingerprint density at radius 1 is 1.14 bits per heavy atom. The molecule has 0 radical (unpaired) electrons. The minimum absolute atomic E-state index is 0.161. The first kappa shape index (κ1) is 14.1. The predicted octanol–water partition coefficient (Wildman–Crippen LogP) is 3.05. The first-order chi connectivity index (χ1) is 10.3. The molecular weight excluding hydrogens is 262 g/mol. The molecule has 1 aliphatic heterocycles. The second-order valence-electron chi connectivity index (χ2n) is 5.49. The second-order valence-corrected chi connectivity index (χ2v) is 5.49. The van der Waals surface area contributed by atoms with Crippen LogP contribution in [0.15, 0.2) is 54.6 Å². The maximum Gasteiger partial charge on any atom is 0.120 e. The fraction of sp³-hybridized carbons (Fsp3) is 0.333. The Hall–Kier alpha value is -1.84. The van der Waals surface area contributed by atoms with E-state index in [0.29, 0.717) is 6.61 Å². The number of hydrogen-bond acceptors (Lipinski definition) is 3. The number of aliphatic hydroxyl groups is 1. The summed E-state index contributed by atoms with van der Waals surface area (Å²) in [5.74, 6) is 0.799. The van der Waals surface area contributed by atoms with Crippen molar-refractivity contribution in [1.29, 1.82) is 0 Å². The third-order valence-corrected chi connectivity index (χ3v) is 3.93. The first-order valence-electron chi connectivity index (χ1n) is 7.51. The van der Waals surface area contributed by atoms with E-state index < -0.39 is 6.10 Å². The van der Waals surface area contributed by atoms with Gasteiger partial charge in [0, 0.05) is 6.04 Å². The van der Waals surface area contributed by atoms with Crippen LogP contribution in [0.25, 0.3) is 0 Å². The van der Waals surface area contributed by atoms with Gasteiger partial charge in [-0.25, -0.2) is 0 Å². The highest BCUT2D eigenvalue weighted by atomic mass is 16.5. The highest BCUT2D eigenvalue weighted by Gasteiger charge is 2.23. The van der Waals surface area contributed by atoms with E-state index in [1.54, 1.807) is 0 Å². The molecule has 1 fully saturated rings. The van der Waals surface area contributed by atoms with Crippen molar-refractivity contribution in [3.05, 3.63) is 65.7 Å². The van der Waals surface area contributed by atoms with Gasteiger partial charge in [-0.3, -0.25) is 0 Å². The number of hydrogen-bond donors (Lipinski definition) is 2. The van der Waals surface area contributed by atoms with Crippen LogP contribution in [0, 0.1) is 0 Å². The summed E-state index contributed by atoms with van der Waals surface area (Å²) in [5.41, 5.74) is 2.06. The molecule has 2 atom stereocenters. The summed E-state index contributed by atoms with van der Waals surface area (Å²) in [6.07, 6.45) is 1.69. The Morgan fingerprint density at radius 2 is 2.00 bits per heavy atom. The summed E-state index contributed by atoms with van der Waals surface area (Å²) in [4.78, 5) is 0. The molecule has 3 heteroatoms. The molecule has 1 heterocycles. The van der Waals surface area contributed by atoms with E-state index in [0.717, 1.165) is 36.3 Å². The van der Waals surface area contributed by atoms with Gasteiger partial charge in [0.15, 0.2) is 0 Å². The van der Waals surface area contributed by atoms with Gasteiger partial charge in [0.2, 0.25) is 0 Å². The Morgan fingerprint density at radius 3 is 2.76 bits per heavy atom. The molecule has 21 heavy (non-hydrogen) atoms. The topological polar surface area (TPSA) is 41.5 Å². The van der Waals surface area contributed by atoms with E-state index in [1.165, 1.54) is 0 Å². The number of nitrogens with one attached hydrogen (secondary N) is 1. The van der Waals surface area contributed by atoms with E-state index in [1.807, 2.05) is 54.6 Å². The molecule has 0 aromatic heterocycles. The van der Waals surface area contributed by atoms with Gasteiger partial charge in [0.05, 0.1) is 6.10 Å². The zero-order valence-corrected chi connectivity index (χ0v) is 12.0. The van der Waals surface area contributed by atoms with Crippen molar-refractivity contribution in [1.82, 2.24) is 5.32 Å². The molecule has 2 aromatic carbocycles. The number of rotatable bonds is 5. The predicted molar refractivity (Wildman–Crippen MR) is 83.2 cm³/mol. The monoisotopic (exact) mass is 283 g/mol. The number of benzene rings is 2. The van der Waals surface area contributed by atoms with Crippen LogP contribution in [0.3, 0.4) is 0 Å². The molecular formula is C18H21NO2. The summed E-state index contributed by atoms with van der Waals surface area (Å²) >= 11 is 0. The van der Waals surface area contributed by atoms with Gasteiger partial charge in [-0.15, -0.1) is 0 Å². The van der Waals surface area contributed by atoms with Crippen LogP contribution in [-0.4, -0.2) is 17.7 Å². The van der Waals surface area contributed by atoms with Gasteiger partial charge < -0.3 is 15.2 Å². The molecule has 0 spiro atoms. The van der Waals surface area contributed by atoms with Crippen LogP contribution in [0.5, 0.6) is 5.75 Å². The smallest absolute Gasteiger partial charge is 0.120 e. The lowest BCUT2D eigenvalue weighted by molar-refractivity contribution is 0.137. The Kier molecular flexibility index (Phi) is 4.53. The lowest BCUT2D eigenvalue weighted by Crippen LogP contribution is -2.28. The average Bonchev–Trinajstić information content (AvgIpc) is 3.08. The third kappa shape index (κ3) is 3.63. The Bertz CT molecular complexity index is 564. The third-order valence-electron chi connectivity index (χ3n) is 3.93. The molecule has 110 valence electrons. The average molecular weight is 283 g/mol. The van der Waals surface area contributed by atoms with Gasteiger partial charge in [-0.05, 0) is 42.6 Å². The zero-order chi connectivity index (χ0) is 14.5. The van der Waals surface area contributed by atoms with Crippen molar-refractivity contribution >= 4 is 0 Å². The van der Waals surface area contributed by atoms with Gasteiger partial charge in [-0.1, -0.05) is 42.5 Å². The fourth-order valence-corrected chi connectivity index (χ4v) is 2.74. The van der Waals surface area contributed by atoms with Crippen LogP contribution in [0.1, 0.15) is 30.1 Å². The molecule has 0 bridgehead atoms. The lowest BCUT2D eigenvalue weighted by Gasteiger charge is -2.19. The molecule has 1 saturated heterocycles. The highest BCUT2D eigenvalue weighted by Crippen LogP contribution is 2.26. The zero-order valence-electron chi connectivity index (χ0n) is 12.0. The minimum atomic E-state index is -0.465. The second kappa shape index (κ2) is 6.74. The van der Waals surface area contributed by atoms with Gasteiger partial charge >= 0.3 is 0 Å². The SMILES string of the molecule is OC(c1cccc(OCc2ccccc2)c1)C1CCCN1. The first-order valence-corrected chi connectivity index (χ1v) is 7.51. The highest BCUT2D eigenvalue weighted by molar-refractivity contribution is 5.31. The van der Waals surface area contributed by atoms with Crippen molar-refractivity contribution in [3.8, 4) is 5.75 Å². The molecule has 3 rings (SSSR count). The van der Waals surface area contributed by atoms with Crippen molar-refractivity contribution in [2.24, 2.45) is 0 Å². The normalized spacial score (nSPS) is 19.4. The molecule has 2 N–H and O–H groups in total. The summed E-state index contributed by atoms with van der Waals surface area (Å²) in [7, 11) is 0. The molecule has 1 aliphatic rings. The van der Waals surface area contributed by atoms with E-state index in [-0.39, 0.29) is 6.04 Å². The van der Waals surface area contributed by atoms with Crippen LogP contribution in [0.2, 0.25) is 0 Å². The van der Waals surface area contributed by atoms with E-state index >= 15 is 0 Å². The van der Waals surface area contributed by atoms with Gasteiger partial charge in [0.25, 0.3) is 0 Å². The Balaban J connectivity index is 1.65. The summed E-state index contributed by atoms with van der Waals surface area (Å²) in [5, 5.41) is 13.8. The van der Waals surface area contributed by atoms with Crippen LogP contribution in [0.4, 0.5) is 0 Å². The van der Waals surface area contributed by atoms with Crippen LogP contribution < -0.4 is 10.1 Å². The van der Waals surface area contributed by atoms with Gasteiger partial charge in [-0.2, -0.15) is 0 Å². The summed E-state index contributed by atoms with van der Waals surface area (Å²) in [6.45, 7) is 1.54. The standard InChI is InChI=1S/C18H21NO2/c20-18(17-10-5-11-19-17)15-8-4-9-16(12-15)21-13-14-6-2-1-3-7-14/h1-4,6-9,12,17-20H,5,10-11,13H2. The summed E-state index contributed by atoms with van der Waals surface area (Å²) < 4.78 is 5.81. The quantitative estimate of drug-likeness (QED) is 0.886. The maximum absolute atomic E-state index is 10.4. The lowest BCUT2D eigenvalue weighted by atomic mass is 10.0. The van der Waals surface area contributed by atoms with Crippen LogP contribution >= 0.6 is 0 Å². The molecule has 0 aliphatic carbocycles.